The minimum Gasteiger partial charge on any atom is -0.324 e. The summed E-state index contributed by atoms with van der Waals surface area (Å²) in [7, 11) is 0. The van der Waals surface area contributed by atoms with Crippen molar-refractivity contribution in [3.05, 3.63) is 47.0 Å². The zero-order valence-electron chi connectivity index (χ0n) is 11.0. The van der Waals surface area contributed by atoms with Crippen LogP contribution in [0.2, 0.25) is 0 Å². The minimum absolute atomic E-state index is 0.0751. The van der Waals surface area contributed by atoms with Crippen molar-refractivity contribution in [1.82, 2.24) is 14.8 Å². The average Bonchev–Trinajstić information content (AvgIpc) is 2.83. The summed E-state index contributed by atoms with van der Waals surface area (Å²) in [4.78, 5) is 4.21. The molecule has 2 aromatic rings. The molecule has 1 aliphatic heterocycles. The second-order valence-corrected chi connectivity index (χ2v) is 4.87. The molecule has 0 radical (unpaired) electrons. The first-order valence-corrected chi connectivity index (χ1v) is 6.50. The van der Waals surface area contributed by atoms with Crippen molar-refractivity contribution < 1.29 is 0 Å². The summed E-state index contributed by atoms with van der Waals surface area (Å²) in [6.45, 7) is 3.66. The fourth-order valence-corrected chi connectivity index (χ4v) is 2.24. The van der Waals surface area contributed by atoms with Gasteiger partial charge in [0.05, 0.1) is 12.8 Å². The molecule has 0 unspecified atom stereocenters. The standard InChI is InChI=1S/C14H17N5/c1-10(15)12-4-2-11(3-5-12)8-13-17-18-14-9-16-6-7-19(13)14/h2-5,9-10H,6-8,15H2,1H3/t10-/m0/s1. The van der Waals surface area contributed by atoms with Crippen molar-refractivity contribution in [1.29, 1.82) is 0 Å². The second kappa shape index (κ2) is 4.93. The monoisotopic (exact) mass is 255 g/mol. The molecule has 19 heavy (non-hydrogen) atoms. The third-order valence-electron chi connectivity index (χ3n) is 3.38. The van der Waals surface area contributed by atoms with Crippen molar-refractivity contribution in [3.63, 3.8) is 0 Å². The van der Waals surface area contributed by atoms with E-state index in [0.29, 0.717) is 0 Å². The Morgan fingerprint density at radius 2 is 2.05 bits per heavy atom. The number of nitrogens with two attached hydrogens (primary N) is 1. The van der Waals surface area contributed by atoms with Crippen LogP contribution in [0.3, 0.4) is 0 Å². The number of nitrogens with zero attached hydrogens (tertiary/aromatic N) is 4. The van der Waals surface area contributed by atoms with E-state index in [-0.39, 0.29) is 6.04 Å². The predicted octanol–water partition coefficient (Wildman–Crippen LogP) is 1.32. The zero-order valence-corrected chi connectivity index (χ0v) is 11.0. The third-order valence-corrected chi connectivity index (χ3v) is 3.38. The Labute approximate surface area is 112 Å². The van der Waals surface area contributed by atoms with E-state index in [1.807, 2.05) is 6.92 Å². The molecular weight excluding hydrogens is 238 g/mol. The lowest BCUT2D eigenvalue weighted by Gasteiger charge is -2.11. The maximum Gasteiger partial charge on any atom is 0.174 e. The average molecular weight is 255 g/mol. The van der Waals surface area contributed by atoms with E-state index in [2.05, 4.69) is 44.0 Å². The first-order valence-electron chi connectivity index (χ1n) is 6.50. The van der Waals surface area contributed by atoms with Crippen molar-refractivity contribution in [2.24, 2.45) is 10.7 Å². The van der Waals surface area contributed by atoms with Gasteiger partial charge in [-0.15, -0.1) is 10.2 Å². The van der Waals surface area contributed by atoms with Crippen molar-refractivity contribution in [3.8, 4) is 0 Å². The number of aromatic nitrogens is 3. The Kier molecular flexibility index (Phi) is 3.13. The molecular formula is C14H17N5. The number of rotatable bonds is 3. The lowest BCUT2D eigenvalue weighted by molar-refractivity contribution is 0.655. The fraction of sp³-hybridized carbons (Fsp3) is 0.357. The fourth-order valence-electron chi connectivity index (χ4n) is 2.24. The number of hydrogen-bond donors (Lipinski definition) is 1. The SMILES string of the molecule is C[C@H](N)c1ccc(Cc2nnc3n2CCN=C3)cc1. The number of aliphatic imine (C=N–C) groups is 1. The molecule has 0 aliphatic carbocycles. The van der Waals surface area contributed by atoms with Crippen LogP contribution in [0.4, 0.5) is 0 Å². The highest BCUT2D eigenvalue weighted by molar-refractivity contribution is 5.75. The Morgan fingerprint density at radius 1 is 1.26 bits per heavy atom. The molecule has 0 fully saturated rings. The van der Waals surface area contributed by atoms with Gasteiger partial charge in [-0.25, -0.2) is 0 Å². The Balaban J connectivity index is 1.81. The normalized spacial score (nSPS) is 15.3. The van der Waals surface area contributed by atoms with Gasteiger partial charge in [-0.3, -0.25) is 4.99 Å². The summed E-state index contributed by atoms with van der Waals surface area (Å²) in [6, 6.07) is 8.45. The van der Waals surface area contributed by atoms with Gasteiger partial charge in [0.2, 0.25) is 0 Å². The Bertz CT molecular complexity index is 595. The zero-order chi connectivity index (χ0) is 13.2. The van der Waals surface area contributed by atoms with Crippen LogP contribution in [0.15, 0.2) is 29.3 Å². The van der Waals surface area contributed by atoms with E-state index >= 15 is 0 Å². The predicted molar refractivity (Wildman–Crippen MR) is 74.3 cm³/mol. The van der Waals surface area contributed by atoms with E-state index in [0.717, 1.165) is 36.7 Å². The number of benzene rings is 1. The molecule has 0 saturated carbocycles. The van der Waals surface area contributed by atoms with Gasteiger partial charge in [0.1, 0.15) is 5.82 Å². The van der Waals surface area contributed by atoms with Crippen LogP contribution < -0.4 is 5.73 Å². The van der Waals surface area contributed by atoms with Gasteiger partial charge in [0.25, 0.3) is 0 Å². The lowest BCUT2D eigenvalue weighted by atomic mass is 10.0. The molecule has 1 aromatic carbocycles. The summed E-state index contributed by atoms with van der Waals surface area (Å²) in [5, 5.41) is 8.39. The smallest absolute Gasteiger partial charge is 0.174 e. The van der Waals surface area contributed by atoms with Crippen molar-refractivity contribution in [2.45, 2.75) is 25.9 Å². The maximum atomic E-state index is 5.85. The third kappa shape index (κ3) is 2.42. The lowest BCUT2D eigenvalue weighted by Crippen LogP contribution is -2.14. The molecule has 0 saturated heterocycles. The van der Waals surface area contributed by atoms with Gasteiger partial charge in [-0.05, 0) is 18.1 Å². The van der Waals surface area contributed by atoms with E-state index in [9.17, 15) is 0 Å². The van der Waals surface area contributed by atoms with E-state index < -0.39 is 0 Å². The molecule has 2 N–H and O–H groups in total. The quantitative estimate of drug-likeness (QED) is 0.899. The largest absolute Gasteiger partial charge is 0.324 e. The van der Waals surface area contributed by atoms with Gasteiger partial charge in [-0.1, -0.05) is 24.3 Å². The molecule has 98 valence electrons. The van der Waals surface area contributed by atoms with Crippen molar-refractivity contribution >= 4 is 6.21 Å². The molecule has 1 aromatic heterocycles. The molecule has 5 heteroatoms. The summed E-state index contributed by atoms with van der Waals surface area (Å²) in [5.74, 6) is 1.85. The highest BCUT2D eigenvalue weighted by atomic mass is 15.3. The van der Waals surface area contributed by atoms with E-state index in [1.165, 1.54) is 5.56 Å². The van der Waals surface area contributed by atoms with E-state index in [4.69, 9.17) is 5.73 Å². The van der Waals surface area contributed by atoms with Crippen LogP contribution in [0.5, 0.6) is 0 Å². The molecule has 5 nitrogen and oxygen atoms in total. The van der Waals surface area contributed by atoms with Crippen LogP contribution in [0, 0.1) is 0 Å². The molecule has 1 atom stereocenters. The summed E-state index contributed by atoms with van der Waals surface area (Å²) < 4.78 is 2.13. The van der Waals surface area contributed by atoms with Gasteiger partial charge in [0, 0.05) is 19.0 Å². The van der Waals surface area contributed by atoms with Gasteiger partial charge >= 0.3 is 0 Å². The first-order chi connectivity index (χ1) is 9.24. The highest BCUT2D eigenvalue weighted by Gasteiger charge is 2.13. The molecule has 0 bridgehead atoms. The van der Waals surface area contributed by atoms with Crippen LogP contribution in [0.25, 0.3) is 0 Å². The maximum absolute atomic E-state index is 5.85. The first kappa shape index (κ1) is 12.0. The molecule has 0 amide bonds. The van der Waals surface area contributed by atoms with Crippen LogP contribution in [-0.2, 0) is 13.0 Å². The van der Waals surface area contributed by atoms with E-state index in [1.54, 1.807) is 6.21 Å². The van der Waals surface area contributed by atoms with Crippen LogP contribution in [-0.4, -0.2) is 27.5 Å². The van der Waals surface area contributed by atoms with Crippen molar-refractivity contribution in [2.75, 3.05) is 6.54 Å². The molecule has 2 heterocycles. The van der Waals surface area contributed by atoms with Gasteiger partial charge in [-0.2, -0.15) is 0 Å². The van der Waals surface area contributed by atoms with Crippen LogP contribution in [0.1, 0.15) is 35.7 Å². The number of fused-ring (bicyclic) bond motifs is 1. The number of hydrogen-bond acceptors (Lipinski definition) is 4. The minimum atomic E-state index is 0.0751. The van der Waals surface area contributed by atoms with Crippen LogP contribution >= 0.6 is 0 Å². The topological polar surface area (TPSA) is 69.1 Å². The van der Waals surface area contributed by atoms with Gasteiger partial charge < -0.3 is 10.3 Å². The second-order valence-electron chi connectivity index (χ2n) is 4.87. The Hall–Kier alpha value is -2.01. The summed E-state index contributed by atoms with van der Waals surface area (Å²) >= 11 is 0. The van der Waals surface area contributed by atoms with Gasteiger partial charge in [0.15, 0.2) is 5.82 Å². The Morgan fingerprint density at radius 3 is 2.79 bits per heavy atom. The summed E-state index contributed by atoms with van der Waals surface area (Å²) in [5.41, 5.74) is 8.23. The molecule has 3 rings (SSSR count). The molecule has 1 aliphatic rings. The highest BCUT2D eigenvalue weighted by Crippen LogP contribution is 2.14. The summed E-state index contributed by atoms with van der Waals surface area (Å²) in [6.07, 6.45) is 2.58. The molecule has 0 spiro atoms.